The number of hydrogen-bond donors (Lipinski definition) is 0. The summed E-state index contributed by atoms with van der Waals surface area (Å²) in [5.74, 6) is -0.870. The lowest BCUT2D eigenvalue weighted by Gasteiger charge is -2.18. The molecule has 6 heteroatoms. The highest BCUT2D eigenvalue weighted by Gasteiger charge is 2.19. The summed E-state index contributed by atoms with van der Waals surface area (Å²) in [5, 5.41) is 0. The highest BCUT2D eigenvalue weighted by atomic mass is 16.6. The molecule has 0 aliphatic carbocycles. The molecule has 0 aliphatic heterocycles. The Morgan fingerprint density at radius 1 is 0.294 bits per heavy atom. The highest BCUT2D eigenvalue weighted by molar-refractivity contribution is 5.71. The van der Waals surface area contributed by atoms with Gasteiger partial charge < -0.3 is 14.2 Å². The van der Waals surface area contributed by atoms with Gasteiger partial charge in [-0.3, -0.25) is 14.4 Å². The molecule has 6 nitrogen and oxygen atoms in total. The van der Waals surface area contributed by atoms with Crippen molar-refractivity contribution in [1.82, 2.24) is 0 Å². The van der Waals surface area contributed by atoms with Gasteiger partial charge in [-0.25, -0.2) is 0 Å². The number of ether oxygens (including phenoxy) is 3. The molecular formula is C62H114O6. The third kappa shape index (κ3) is 54.6. The summed E-state index contributed by atoms with van der Waals surface area (Å²) in [4.78, 5) is 38.1. The van der Waals surface area contributed by atoms with E-state index in [4.69, 9.17) is 14.2 Å². The van der Waals surface area contributed by atoms with Gasteiger partial charge in [0, 0.05) is 19.3 Å². The van der Waals surface area contributed by atoms with Crippen LogP contribution in [0.2, 0.25) is 0 Å². The summed E-state index contributed by atoms with van der Waals surface area (Å²) in [7, 11) is 0. The van der Waals surface area contributed by atoms with Crippen LogP contribution in [0, 0.1) is 0 Å². The van der Waals surface area contributed by atoms with E-state index in [0.29, 0.717) is 19.3 Å². The summed E-state index contributed by atoms with van der Waals surface area (Å²) in [6.07, 6.45) is 68.6. The molecule has 0 fully saturated rings. The number of hydrogen-bond acceptors (Lipinski definition) is 6. The lowest BCUT2D eigenvalue weighted by atomic mass is 10.0. The second-order valence-corrected chi connectivity index (χ2v) is 20.3. The van der Waals surface area contributed by atoms with Gasteiger partial charge in [0.05, 0.1) is 0 Å². The summed E-state index contributed by atoms with van der Waals surface area (Å²) in [5.41, 5.74) is 0. The molecule has 1 unspecified atom stereocenters. The predicted molar refractivity (Wildman–Crippen MR) is 293 cm³/mol. The molecule has 1 atom stereocenters. The van der Waals surface area contributed by atoms with Crippen molar-refractivity contribution in [1.29, 1.82) is 0 Å². The first kappa shape index (κ1) is 65.6. The van der Waals surface area contributed by atoms with Crippen molar-refractivity contribution >= 4 is 17.9 Å². The zero-order valence-corrected chi connectivity index (χ0v) is 45.6. The van der Waals surface area contributed by atoms with Gasteiger partial charge in [-0.15, -0.1) is 0 Å². The zero-order chi connectivity index (χ0) is 49.3. The van der Waals surface area contributed by atoms with Crippen LogP contribution in [0.25, 0.3) is 0 Å². The summed E-state index contributed by atoms with van der Waals surface area (Å²) in [6.45, 7) is 6.60. The average Bonchev–Trinajstić information content (AvgIpc) is 3.34. The highest BCUT2D eigenvalue weighted by Crippen LogP contribution is 2.17. The molecule has 0 saturated heterocycles. The Labute approximate surface area is 423 Å². The fourth-order valence-corrected chi connectivity index (χ4v) is 8.83. The topological polar surface area (TPSA) is 78.9 Å². The molecule has 0 aromatic carbocycles. The molecule has 0 aromatic heterocycles. The summed E-state index contributed by atoms with van der Waals surface area (Å²) >= 11 is 0. The van der Waals surface area contributed by atoms with E-state index in [9.17, 15) is 14.4 Å². The molecular weight excluding hydrogens is 841 g/mol. The second kappa shape index (κ2) is 57.2. The number of carbonyl (C=O) groups is 3. The first-order chi connectivity index (χ1) is 33.5. The van der Waals surface area contributed by atoms with Crippen molar-refractivity contribution in [3.63, 3.8) is 0 Å². The van der Waals surface area contributed by atoms with Gasteiger partial charge in [0.15, 0.2) is 6.10 Å². The minimum Gasteiger partial charge on any atom is -0.462 e. The molecule has 0 N–H and O–H groups in total. The van der Waals surface area contributed by atoms with Crippen LogP contribution in [0.1, 0.15) is 323 Å². The predicted octanol–water partition coefficient (Wildman–Crippen LogP) is 20.0. The van der Waals surface area contributed by atoms with Crippen molar-refractivity contribution in [2.45, 2.75) is 329 Å². The van der Waals surface area contributed by atoms with E-state index in [1.807, 2.05) is 0 Å². The van der Waals surface area contributed by atoms with Crippen LogP contribution in [0.4, 0.5) is 0 Å². The third-order valence-electron chi connectivity index (χ3n) is 13.3. The quantitative estimate of drug-likeness (QED) is 0.0262. The summed E-state index contributed by atoms with van der Waals surface area (Å²) in [6, 6.07) is 0. The van der Waals surface area contributed by atoms with Crippen LogP contribution < -0.4 is 0 Å². The van der Waals surface area contributed by atoms with Crippen LogP contribution >= 0.6 is 0 Å². The molecule has 0 heterocycles. The van der Waals surface area contributed by atoms with Crippen molar-refractivity contribution in [3.8, 4) is 0 Å². The Kier molecular flexibility index (Phi) is 55.2. The Bertz CT molecular complexity index is 1140. The lowest BCUT2D eigenvalue weighted by molar-refractivity contribution is -0.167. The van der Waals surface area contributed by atoms with Gasteiger partial charge in [0.2, 0.25) is 0 Å². The molecule has 0 saturated carbocycles. The van der Waals surface area contributed by atoms with Gasteiger partial charge >= 0.3 is 17.9 Å². The molecule has 0 rings (SSSR count). The Balaban J connectivity index is 4.25. The first-order valence-corrected chi connectivity index (χ1v) is 30.0. The van der Waals surface area contributed by atoms with Crippen LogP contribution in [0.5, 0.6) is 0 Å². The number of esters is 3. The standard InChI is InChI=1S/C62H114O6/c1-4-7-10-13-16-19-22-24-26-28-30-31-33-34-36-38-40-43-46-49-52-55-61(64)67-58-59(57-66-60(63)54-51-48-45-42-21-18-15-12-9-6-3)68-62(65)56-53-50-47-44-41-39-37-35-32-29-27-25-23-20-17-14-11-8-5-2/h12,15,22,24,28,30,59H,4-11,13-14,16-21,23,25-27,29,31-58H2,1-3H3/b15-12-,24-22-,30-28-. The Hall–Kier alpha value is -2.37. The second-order valence-electron chi connectivity index (χ2n) is 20.3. The van der Waals surface area contributed by atoms with Crippen molar-refractivity contribution in [2.75, 3.05) is 13.2 Å². The van der Waals surface area contributed by atoms with E-state index in [-0.39, 0.29) is 31.1 Å². The molecule has 0 bridgehead atoms. The minimum absolute atomic E-state index is 0.0736. The fourth-order valence-electron chi connectivity index (χ4n) is 8.83. The van der Waals surface area contributed by atoms with E-state index in [1.54, 1.807) is 0 Å². The van der Waals surface area contributed by atoms with Crippen molar-refractivity contribution in [2.24, 2.45) is 0 Å². The molecule has 0 amide bonds. The number of carbonyl (C=O) groups excluding carboxylic acids is 3. The maximum absolute atomic E-state index is 12.9. The normalized spacial score (nSPS) is 12.2. The average molecular weight is 956 g/mol. The van der Waals surface area contributed by atoms with Crippen LogP contribution in [0.15, 0.2) is 36.5 Å². The Morgan fingerprint density at radius 2 is 0.559 bits per heavy atom. The first-order valence-electron chi connectivity index (χ1n) is 30.0. The van der Waals surface area contributed by atoms with Gasteiger partial charge in [0.25, 0.3) is 0 Å². The smallest absolute Gasteiger partial charge is 0.306 e. The zero-order valence-electron chi connectivity index (χ0n) is 45.6. The van der Waals surface area contributed by atoms with E-state index in [2.05, 4.69) is 57.2 Å². The molecule has 0 spiro atoms. The molecule has 0 radical (unpaired) electrons. The molecule has 0 aliphatic rings. The van der Waals surface area contributed by atoms with Crippen molar-refractivity contribution in [3.05, 3.63) is 36.5 Å². The Morgan fingerprint density at radius 3 is 0.882 bits per heavy atom. The third-order valence-corrected chi connectivity index (χ3v) is 13.3. The maximum atomic E-state index is 12.9. The van der Waals surface area contributed by atoms with Crippen LogP contribution in [0.3, 0.4) is 0 Å². The molecule has 0 aromatic rings. The molecule has 68 heavy (non-hydrogen) atoms. The van der Waals surface area contributed by atoms with Gasteiger partial charge in [0.1, 0.15) is 13.2 Å². The SMILES string of the molecule is CCC/C=C\CCCCCCCC(=O)OCC(COC(=O)CCCCCCCCCCC/C=C\C/C=C\CCCCCCC)OC(=O)CCCCCCCCCCCCCCCCCCCCC. The van der Waals surface area contributed by atoms with E-state index in [0.717, 1.165) is 77.0 Å². The summed E-state index contributed by atoms with van der Waals surface area (Å²) < 4.78 is 16.9. The van der Waals surface area contributed by atoms with E-state index >= 15 is 0 Å². The molecule has 398 valence electrons. The number of unbranched alkanes of at least 4 members (excludes halogenated alkanes) is 38. The van der Waals surface area contributed by atoms with E-state index < -0.39 is 6.10 Å². The van der Waals surface area contributed by atoms with E-state index in [1.165, 1.54) is 205 Å². The lowest BCUT2D eigenvalue weighted by Crippen LogP contribution is -2.30. The maximum Gasteiger partial charge on any atom is 0.306 e. The number of allylic oxidation sites excluding steroid dienone is 6. The van der Waals surface area contributed by atoms with Gasteiger partial charge in [-0.05, 0) is 70.6 Å². The van der Waals surface area contributed by atoms with Crippen LogP contribution in [-0.2, 0) is 28.6 Å². The monoisotopic (exact) mass is 955 g/mol. The fraction of sp³-hybridized carbons (Fsp3) is 0.855. The largest absolute Gasteiger partial charge is 0.462 e. The van der Waals surface area contributed by atoms with Crippen molar-refractivity contribution < 1.29 is 28.6 Å². The van der Waals surface area contributed by atoms with Gasteiger partial charge in [-0.2, -0.15) is 0 Å². The minimum atomic E-state index is -0.774. The van der Waals surface area contributed by atoms with Gasteiger partial charge in [-0.1, -0.05) is 269 Å². The number of rotatable bonds is 55. The van der Waals surface area contributed by atoms with Crippen LogP contribution in [-0.4, -0.2) is 37.2 Å².